The summed E-state index contributed by atoms with van der Waals surface area (Å²) in [5, 5.41) is 20.3. The highest BCUT2D eigenvalue weighted by Crippen LogP contribution is 2.53. The molecule has 2 N–H and O–H groups in total. The van der Waals surface area contributed by atoms with Crippen molar-refractivity contribution in [3.8, 4) is 0 Å². The number of hydrogen-bond acceptors (Lipinski definition) is 2. The zero-order valence-electron chi connectivity index (χ0n) is 16.6. The Bertz CT molecular complexity index is 877. The largest absolute Gasteiger partial charge is 0.481 e. The smallest absolute Gasteiger partial charge is 0.332 e. The van der Waals surface area contributed by atoms with E-state index < -0.39 is 29.1 Å². The molecule has 2 aliphatic rings. The highest BCUT2D eigenvalue weighted by molar-refractivity contribution is 5.99. The van der Waals surface area contributed by atoms with Crippen LogP contribution in [0.5, 0.6) is 0 Å². The fourth-order valence-corrected chi connectivity index (χ4v) is 5.16. The van der Waals surface area contributed by atoms with Gasteiger partial charge in [0.25, 0.3) is 0 Å². The van der Waals surface area contributed by atoms with Crippen LogP contribution in [0.15, 0.2) is 35.4 Å². The van der Waals surface area contributed by atoms with Crippen LogP contribution in [0.1, 0.15) is 57.1 Å². The van der Waals surface area contributed by atoms with Crippen LogP contribution < -0.4 is 0 Å². The van der Waals surface area contributed by atoms with Crippen molar-refractivity contribution in [2.45, 2.75) is 52.9 Å². The van der Waals surface area contributed by atoms with Gasteiger partial charge in [0.15, 0.2) is 0 Å². The average Bonchev–Trinajstić information content (AvgIpc) is 2.64. The molecule has 0 aliphatic heterocycles. The molecule has 150 valence electrons. The van der Waals surface area contributed by atoms with E-state index in [0.29, 0.717) is 16.7 Å². The first kappa shape index (κ1) is 20.3. The molecule has 2 aliphatic carbocycles. The van der Waals surface area contributed by atoms with E-state index in [4.69, 9.17) is 0 Å². The molecule has 4 nitrogen and oxygen atoms in total. The number of carboxylic acids is 2. The quantitative estimate of drug-likeness (QED) is 0.744. The van der Waals surface area contributed by atoms with Crippen LogP contribution in [0.3, 0.4) is 0 Å². The minimum absolute atomic E-state index is 0.120. The second-order valence-electron chi connectivity index (χ2n) is 8.16. The zero-order chi connectivity index (χ0) is 20.6. The van der Waals surface area contributed by atoms with E-state index in [1.54, 1.807) is 26.0 Å². The molecule has 0 bridgehead atoms. The Morgan fingerprint density at radius 2 is 1.75 bits per heavy atom. The van der Waals surface area contributed by atoms with Gasteiger partial charge in [0.1, 0.15) is 5.82 Å². The Morgan fingerprint density at radius 1 is 1.11 bits per heavy atom. The van der Waals surface area contributed by atoms with Gasteiger partial charge >= 0.3 is 11.9 Å². The molecule has 5 heteroatoms. The van der Waals surface area contributed by atoms with Crippen LogP contribution in [0.25, 0.3) is 5.57 Å². The molecule has 1 aromatic rings. The van der Waals surface area contributed by atoms with Crippen molar-refractivity contribution in [3.05, 3.63) is 52.4 Å². The highest BCUT2D eigenvalue weighted by Gasteiger charge is 2.53. The van der Waals surface area contributed by atoms with Crippen LogP contribution in [0.2, 0.25) is 0 Å². The SMILES string of the molecule is CC1=C(C(=O)O)C(C)C(C(=O)O)(C2CCCCC2)C=C1c1cc(F)ccc1C. The summed E-state index contributed by atoms with van der Waals surface area (Å²) in [4.78, 5) is 24.8. The normalized spacial score (nSPS) is 26.1. The molecule has 0 heterocycles. The van der Waals surface area contributed by atoms with Crippen molar-refractivity contribution in [1.82, 2.24) is 0 Å². The fourth-order valence-electron chi connectivity index (χ4n) is 5.16. The first-order valence-electron chi connectivity index (χ1n) is 9.87. The molecular weight excluding hydrogens is 359 g/mol. The van der Waals surface area contributed by atoms with Crippen molar-refractivity contribution in [3.63, 3.8) is 0 Å². The summed E-state index contributed by atoms with van der Waals surface area (Å²) in [5.41, 5.74) is 1.21. The molecule has 0 radical (unpaired) electrons. The second-order valence-corrected chi connectivity index (χ2v) is 8.16. The Labute approximate surface area is 164 Å². The van der Waals surface area contributed by atoms with Gasteiger partial charge in [-0.1, -0.05) is 38.3 Å². The van der Waals surface area contributed by atoms with Crippen LogP contribution in [-0.4, -0.2) is 22.2 Å². The van der Waals surface area contributed by atoms with Gasteiger partial charge < -0.3 is 10.2 Å². The number of aryl methyl sites for hydroxylation is 1. The highest BCUT2D eigenvalue weighted by atomic mass is 19.1. The standard InChI is InChI=1S/C23H27FO4/c1-13-9-10-17(24)11-18(13)19-12-23(22(27)28,16-7-5-4-6-8-16)15(3)20(14(19)2)21(25)26/h9-12,15-16H,4-8H2,1-3H3,(H,25,26)(H,27,28). The van der Waals surface area contributed by atoms with Gasteiger partial charge in [-0.2, -0.15) is 0 Å². The topological polar surface area (TPSA) is 74.6 Å². The Balaban J connectivity index is 2.30. The molecule has 0 aromatic heterocycles. The number of allylic oxidation sites excluding steroid dienone is 2. The molecule has 1 fully saturated rings. The van der Waals surface area contributed by atoms with E-state index in [1.165, 1.54) is 12.1 Å². The maximum Gasteiger partial charge on any atom is 0.332 e. The van der Waals surface area contributed by atoms with Crippen LogP contribution in [0.4, 0.5) is 4.39 Å². The van der Waals surface area contributed by atoms with Gasteiger partial charge in [0.2, 0.25) is 0 Å². The third kappa shape index (κ3) is 3.17. The maximum absolute atomic E-state index is 14.0. The maximum atomic E-state index is 14.0. The van der Waals surface area contributed by atoms with Gasteiger partial charge in [0.05, 0.1) is 5.41 Å². The average molecular weight is 386 g/mol. The Morgan fingerprint density at radius 3 is 2.32 bits per heavy atom. The lowest BCUT2D eigenvalue weighted by Crippen LogP contribution is -2.47. The van der Waals surface area contributed by atoms with E-state index in [1.807, 2.05) is 6.92 Å². The van der Waals surface area contributed by atoms with E-state index in [9.17, 15) is 24.2 Å². The van der Waals surface area contributed by atoms with E-state index >= 15 is 0 Å². The van der Waals surface area contributed by atoms with Crippen molar-refractivity contribution in [1.29, 1.82) is 0 Å². The van der Waals surface area contributed by atoms with E-state index in [0.717, 1.165) is 37.7 Å². The molecule has 2 atom stereocenters. The fraction of sp³-hybridized carbons (Fsp3) is 0.478. The predicted octanol–water partition coefficient (Wildman–Crippen LogP) is 5.22. The number of carbonyl (C=O) groups is 2. The lowest BCUT2D eigenvalue weighted by molar-refractivity contribution is -0.153. The van der Waals surface area contributed by atoms with Crippen molar-refractivity contribution in [2.75, 3.05) is 0 Å². The monoisotopic (exact) mass is 386 g/mol. The molecule has 0 saturated heterocycles. The third-order valence-corrected chi connectivity index (χ3v) is 6.71. The summed E-state index contributed by atoms with van der Waals surface area (Å²) in [7, 11) is 0. The molecule has 1 aromatic carbocycles. The number of rotatable bonds is 4. The second kappa shape index (κ2) is 7.53. The number of benzene rings is 1. The molecule has 28 heavy (non-hydrogen) atoms. The molecule has 0 spiro atoms. The summed E-state index contributed by atoms with van der Waals surface area (Å²) in [5.74, 6) is -3.33. The number of carboxylic acid groups (broad SMARTS) is 2. The van der Waals surface area contributed by atoms with Crippen molar-refractivity contribution < 1.29 is 24.2 Å². The number of aliphatic carboxylic acids is 2. The minimum atomic E-state index is -1.30. The van der Waals surface area contributed by atoms with Crippen LogP contribution >= 0.6 is 0 Å². The minimum Gasteiger partial charge on any atom is -0.481 e. The molecule has 0 amide bonds. The van der Waals surface area contributed by atoms with Gasteiger partial charge in [0, 0.05) is 11.5 Å². The summed E-state index contributed by atoms with van der Waals surface area (Å²) < 4.78 is 14.0. The molecule has 2 unspecified atom stereocenters. The summed E-state index contributed by atoms with van der Waals surface area (Å²) in [6, 6.07) is 4.36. The Kier molecular flexibility index (Phi) is 5.46. The van der Waals surface area contributed by atoms with Gasteiger partial charge in [-0.05, 0) is 67.0 Å². The van der Waals surface area contributed by atoms with Crippen molar-refractivity contribution in [2.24, 2.45) is 17.3 Å². The van der Waals surface area contributed by atoms with Crippen molar-refractivity contribution >= 4 is 17.5 Å². The summed E-state index contributed by atoms with van der Waals surface area (Å²) >= 11 is 0. The number of hydrogen-bond donors (Lipinski definition) is 2. The molecule has 3 rings (SSSR count). The van der Waals surface area contributed by atoms with Crippen LogP contribution in [-0.2, 0) is 9.59 Å². The lowest BCUT2D eigenvalue weighted by atomic mass is 9.57. The zero-order valence-corrected chi connectivity index (χ0v) is 16.6. The van der Waals surface area contributed by atoms with E-state index in [2.05, 4.69) is 0 Å². The first-order chi connectivity index (χ1) is 13.2. The van der Waals surface area contributed by atoms with E-state index in [-0.39, 0.29) is 11.5 Å². The number of halogens is 1. The summed E-state index contributed by atoms with van der Waals surface area (Å²) in [6.07, 6.45) is 6.21. The van der Waals surface area contributed by atoms with Gasteiger partial charge in [-0.3, -0.25) is 4.79 Å². The molecular formula is C23H27FO4. The van der Waals surface area contributed by atoms with Gasteiger partial charge in [-0.15, -0.1) is 0 Å². The lowest BCUT2D eigenvalue weighted by Gasteiger charge is -2.45. The molecule has 1 saturated carbocycles. The first-order valence-corrected chi connectivity index (χ1v) is 9.87. The predicted molar refractivity (Wildman–Crippen MR) is 105 cm³/mol. The summed E-state index contributed by atoms with van der Waals surface area (Å²) in [6.45, 7) is 5.23. The Hall–Kier alpha value is -2.43. The third-order valence-electron chi connectivity index (χ3n) is 6.71. The van der Waals surface area contributed by atoms with Gasteiger partial charge in [-0.25, -0.2) is 9.18 Å². The van der Waals surface area contributed by atoms with Crippen LogP contribution in [0, 0.1) is 30.0 Å².